The van der Waals surface area contributed by atoms with E-state index in [0.717, 1.165) is 19.4 Å². The van der Waals surface area contributed by atoms with Gasteiger partial charge < -0.3 is 9.84 Å². The number of allylic oxidation sites excluding steroid dienone is 2. The van der Waals surface area contributed by atoms with Crippen molar-refractivity contribution < 1.29 is 14.6 Å². The first-order valence-corrected chi connectivity index (χ1v) is 9.28. The highest BCUT2D eigenvalue weighted by molar-refractivity contribution is 5.88. The first-order valence-electron chi connectivity index (χ1n) is 9.28. The van der Waals surface area contributed by atoms with Crippen LogP contribution in [0.4, 0.5) is 0 Å². The number of ether oxygens (including phenoxy) is 1. The SMILES string of the molecule is CC1=C2CC(=O)C3(C)C(O)CC4OC[C@H]4C3C[C@H](CC1)C2(C)C. The summed E-state index contributed by atoms with van der Waals surface area (Å²) in [5.41, 5.74) is 2.30. The van der Waals surface area contributed by atoms with E-state index in [1.807, 2.05) is 6.92 Å². The van der Waals surface area contributed by atoms with Crippen molar-refractivity contribution in [2.45, 2.75) is 72.0 Å². The Kier molecular flexibility index (Phi) is 3.39. The lowest BCUT2D eigenvalue weighted by Gasteiger charge is -2.59. The number of carbonyl (C=O) groups is 1. The van der Waals surface area contributed by atoms with Gasteiger partial charge in [-0.1, -0.05) is 25.0 Å². The maximum absolute atomic E-state index is 13.3. The number of Topliss-reactive ketones (excluding diaryl/α,β-unsaturated/α-hetero) is 1. The van der Waals surface area contributed by atoms with Gasteiger partial charge in [0.05, 0.1) is 24.2 Å². The fourth-order valence-electron chi connectivity index (χ4n) is 6.08. The van der Waals surface area contributed by atoms with Crippen LogP contribution in [0, 0.1) is 28.6 Å². The van der Waals surface area contributed by atoms with Crippen molar-refractivity contribution in [3.8, 4) is 0 Å². The highest BCUT2D eigenvalue weighted by Gasteiger charge is 2.61. The molecule has 1 heterocycles. The van der Waals surface area contributed by atoms with Crippen molar-refractivity contribution in [3.05, 3.63) is 11.1 Å². The molecule has 6 atom stereocenters. The average Bonchev–Trinajstić information content (AvgIpc) is 2.46. The largest absolute Gasteiger partial charge is 0.392 e. The molecule has 3 heteroatoms. The topological polar surface area (TPSA) is 46.5 Å². The molecule has 0 radical (unpaired) electrons. The lowest BCUT2D eigenvalue weighted by Crippen LogP contribution is -2.63. The number of fused-ring (bicyclic) bond motifs is 5. The standard InChI is InChI=1S/C20H30O3/c1-11-5-6-12-7-15-13-10-23-16(13)9-18(22)20(15,4)17(21)8-14(11)19(12,2)3/h12-13,15-16,18,22H,5-10H2,1-4H3/t12-,13-,15?,16?,18?,20?/m0/s1. The molecule has 4 rings (SSSR count). The molecule has 3 fully saturated rings. The van der Waals surface area contributed by atoms with Crippen LogP contribution in [0.25, 0.3) is 0 Å². The second-order valence-corrected chi connectivity index (χ2v) is 9.23. The molecule has 4 aliphatic rings. The highest BCUT2D eigenvalue weighted by Crippen LogP contribution is 2.59. The Morgan fingerprint density at radius 2 is 1.96 bits per heavy atom. The second kappa shape index (κ2) is 4.92. The Balaban J connectivity index is 1.80. The molecule has 4 unspecified atom stereocenters. The van der Waals surface area contributed by atoms with Gasteiger partial charge in [0.1, 0.15) is 5.78 Å². The van der Waals surface area contributed by atoms with Crippen molar-refractivity contribution in [1.29, 1.82) is 0 Å². The normalized spacial score (nSPS) is 48.7. The van der Waals surface area contributed by atoms with Crippen LogP contribution in [-0.2, 0) is 9.53 Å². The Hall–Kier alpha value is -0.670. The summed E-state index contributed by atoms with van der Waals surface area (Å²) in [6.07, 6.45) is 4.22. The van der Waals surface area contributed by atoms with Crippen LogP contribution >= 0.6 is 0 Å². The molecule has 0 aromatic heterocycles. The van der Waals surface area contributed by atoms with E-state index >= 15 is 0 Å². The lowest BCUT2D eigenvalue weighted by molar-refractivity contribution is -0.227. The van der Waals surface area contributed by atoms with Crippen molar-refractivity contribution >= 4 is 5.78 Å². The van der Waals surface area contributed by atoms with Gasteiger partial charge in [0.25, 0.3) is 0 Å². The fraction of sp³-hybridized carbons (Fsp3) is 0.850. The molecule has 0 aromatic rings. The third-order valence-corrected chi connectivity index (χ3v) is 8.07. The summed E-state index contributed by atoms with van der Waals surface area (Å²) < 4.78 is 5.70. The van der Waals surface area contributed by atoms with Gasteiger partial charge in [-0.15, -0.1) is 0 Å². The lowest BCUT2D eigenvalue weighted by atomic mass is 9.49. The number of aliphatic hydroxyl groups is 1. The van der Waals surface area contributed by atoms with Crippen LogP contribution in [0.5, 0.6) is 0 Å². The molecule has 128 valence electrons. The Bertz CT molecular complexity index is 575. The number of carbonyl (C=O) groups excluding carboxylic acids is 1. The first-order chi connectivity index (χ1) is 10.8. The molecular formula is C20H30O3. The summed E-state index contributed by atoms with van der Waals surface area (Å²) in [5.74, 6) is 1.63. The minimum Gasteiger partial charge on any atom is -0.392 e. The average molecular weight is 318 g/mol. The number of rotatable bonds is 0. The van der Waals surface area contributed by atoms with Crippen LogP contribution in [0.1, 0.15) is 59.8 Å². The van der Waals surface area contributed by atoms with Crippen molar-refractivity contribution in [3.63, 3.8) is 0 Å². The predicted octanol–water partition coefficient (Wildman–Crippen LogP) is 3.50. The number of ketones is 1. The summed E-state index contributed by atoms with van der Waals surface area (Å²) in [7, 11) is 0. The van der Waals surface area contributed by atoms with E-state index in [4.69, 9.17) is 4.74 Å². The molecule has 2 saturated carbocycles. The van der Waals surface area contributed by atoms with Crippen molar-refractivity contribution in [1.82, 2.24) is 0 Å². The third-order valence-electron chi connectivity index (χ3n) is 8.07. The Labute approximate surface area is 139 Å². The van der Waals surface area contributed by atoms with Gasteiger partial charge in [-0.25, -0.2) is 0 Å². The van der Waals surface area contributed by atoms with E-state index in [0.29, 0.717) is 24.7 Å². The molecule has 0 aromatic carbocycles. The van der Waals surface area contributed by atoms with E-state index in [1.165, 1.54) is 17.6 Å². The Morgan fingerprint density at radius 1 is 1.22 bits per heavy atom. The van der Waals surface area contributed by atoms with Crippen LogP contribution in [0.2, 0.25) is 0 Å². The molecule has 0 amide bonds. The molecule has 23 heavy (non-hydrogen) atoms. The summed E-state index contributed by atoms with van der Waals surface area (Å²) in [4.78, 5) is 13.3. The van der Waals surface area contributed by atoms with Crippen LogP contribution < -0.4 is 0 Å². The summed E-state index contributed by atoms with van der Waals surface area (Å²) >= 11 is 0. The maximum Gasteiger partial charge on any atom is 0.145 e. The molecule has 1 N–H and O–H groups in total. The summed E-state index contributed by atoms with van der Waals surface area (Å²) in [6, 6.07) is 0. The minimum atomic E-state index is -0.581. The van der Waals surface area contributed by atoms with Crippen LogP contribution in [0.15, 0.2) is 11.1 Å². The number of aliphatic hydroxyl groups excluding tert-OH is 1. The monoisotopic (exact) mass is 318 g/mol. The smallest absolute Gasteiger partial charge is 0.145 e. The fourth-order valence-corrected chi connectivity index (χ4v) is 6.08. The van der Waals surface area contributed by atoms with Gasteiger partial charge >= 0.3 is 0 Å². The molecule has 0 spiro atoms. The minimum absolute atomic E-state index is 0.113. The van der Waals surface area contributed by atoms with E-state index in [2.05, 4.69) is 20.8 Å². The molecule has 1 aliphatic heterocycles. The quantitative estimate of drug-likeness (QED) is 0.695. The second-order valence-electron chi connectivity index (χ2n) is 9.23. The van der Waals surface area contributed by atoms with Crippen LogP contribution in [0.3, 0.4) is 0 Å². The highest BCUT2D eigenvalue weighted by atomic mass is 16.5. The van der Waals surface area contributed by atoms with E-state index < -0.39 is 11.5 Å². The first kappa shape index (κ1) is 15.8. The molecule has 3 nitrogen and oxygen atoms in total. The van der Waals surface area contributed by atoms with Gasteiger partial charge in [-0.2, -0.15) is 0 Å². The third kappa shape index (κ3) is 1.99. The zero-order chi connectivity index (χ0) is 16.6. The van der Waals surface area contributed by atoms with E-state index in [-0.39, 0.29) is 23.2 Å². The van der Waals surface area contributed by atoms with E-state index in [9.17, 15) is 9.90 Å². The van der Waals surface area contributed by atoms with Gasteiger partial charge in [0, 0.05) is 18.8 Å². The zero-order valence-electron chi connectivity index (χ0n) is 14.9. The van der Waals surface area contributed by atoms with Gasteiger partial charge in [-0.05, 0) is 50.4 Å². The number of hydrogen-bond acceptors (Lipinski definition) is 3. The molecule has 2 bridgehead atoms. The molecule has 1 saturated heterocycles. The van der Waals surface area contributed by atoms with Gasteiger partial charge in [0.2, 0.25) is 0 Å². The zero-order valence-corrected chi connectivity index (χ0v) is 14.9. The van der Waals surface area contributed by atoms with Crippen molar-refractivity contribution in [2.24, 2.45) is 28.6 Å². The van der Waals surface area contributed by atoms with Gasteiger partial charge in [-0.3, -0.25) is 4.79 Å². The maximum atomic E-state index is 13.3. The summed E-state index contributed by atoms with van der Waals surface area (Å²) in [5, 5.41) is 10.8. The molecular weight excluding hydrogens is 288 g/mol. The van der Waals surface area contributed by atoms with Crippen molar-refractivity contribution in [2.75, 3.05) is 6.61 Å². The summed E-state index contributed by atoms with van der Waals surface area (Å²) in [6.45, 7) is 9.69. The van der Waals surface area contributed by atoms with E-state index in [1.54, 1.807) is 0 Å². The Morgan fingerprint density at radius 3 is 2.61 bits per heavy atom. The molecule has 3 aliphatic carbocycles. The van der Waals surface area contributed by atoms with Gasteiger partial charge in [0.15, 0.2) is 0 Å². The number of hydrogen-bond donors (Lipinski definition) is 1. The van der Waals surface area contributed by atoms with Crippen LogP contribution in [-0.4, -0.2) is 29.7 Å². The predicted molar refractivity (Wildman–Crippen MR) is 88.9 cm³/mol.